The van der Waals surface area contributed by atoms with E-state index in [2.05, 4.69) is 16.5 Å². The largest absolute Gasteiger partial charge is 0.492 e. The number of rotatable bonds is 7. The van der Waals surface area contributed by atoms with Crippen LogP contribution in [0.2, 0.25) is 0 Å². The summed E-state index contributed by atoms with van der Waals surface area (Å²) in [6.07, 6.45) is 0. The van der Waals surface area contributed by atoms with Gasteiger partial charge in [-0.1, -0.05) is 36.4 Å². The molecule has 0 unspecified atom stereocenters. The van der Waals surface area contributed by atoms with Crippen LogP contribution in [0.1, 0.15) is 27.2 Å². The molecule has 3 rings (SSSR count). The fourth-order valence-corrected chi connectivity index (χ4v) is 2.88. The first kappa shape index (κ1) is 19.4. The van der Waals surface area contributed by atoms with E-state index < -0.39 is 0 Å². The number of aryl methyl sites for hydroxylation is 2. The van der Waals surface area contributed by atoms with Gasteiger partial charge in [-0.3, -0.25) is 9.59 Å². The van der Waals surface area contributed by atoms with Gasteiger partial charge in [0.2, 0.25) is 0 Å². The zero-order valence-electron chi connectivity index (χ0n) is 16.0. The Morgan fingerprint density at radius 1 is 1.04 bits per heavy atom. The Balaban J connectivity index is 1.57. The molecule has 1 aromatic heterocycles. The van der Waals surface area contributed by atoms with Crippen molar-refractivity contribution in [2.24, 2.45) is 0 Å². The molecule has 0 aliphatic rings. The summed E-state index contributed by atoms with van der Waals surface area (Å²) in [4.78, 5) is 24.4. The maximum atomic E-state index is 12.3. The Morgan fingerprint density at radius 2 is 1.75 bits per heavy atom. The fraction of sp³-hybridized carbons (Fsp3) is 0.227. The molecule has 3 aromatic rings. The molecule has 0 radical (unpaired) electrons. The lowest BCUT2D eigenvalue weighted by molar-refractivity contribution is 0.0939. The van der Waals surface area contributed by atoms with Crippen LogP contribution in [0.15, 0.2) is 65.5 Å². The molecule has 1 amide bonds. The molecule has 0 saturated heterocycles. The molecule has 2 aromatic carbocycles. The molecule has 1 heterocycles. The molecule has 0 spiro atoms. The smallest absolute Gasteiger partial charge is 0.271 e. The minimum Gasteiger partial charge on any atom is -0.492 e. The maximum absolute atomic E-state index is 12.3. The summed E-state index contributed by atoms with van der Waals surface area (Å²) in [5, 5.41) is 6.95. The number of benzene rings is 2. The van der Waals surface area contributed by atoms with Gasteiger partial charge in [-0.05, 0) is 48.7 Å². The van der Waals surface area contributed by atoms with Crippen LogP contribution in [0.4, 0.5) is 0 Å². The van der Waals surface area contributed by atoms with Crippen molar-refractivity contribution >= 4 is 5.91 Å². The molecule has 0 aliphatic carbocycles. The third-order valence-electron chi connectivity index (χ3n) is 4.13. The van der Waals surface area contributed by atoms with Crippen LogP contribution in [0, 0.1) is 13.8 Å². The van der Waals surface area contributed by atoms with E-state index in [-0.39, 0.29) is 17.2 Å². The summed E-state index contributed by atoms with van der Waals surface area (Å²) >= 11 is 0. The van der Waals surface area contributed by atoms with E-state index >= 15 is 0 Å². The van der Waals surface area contributed by atoms with E-state index in [1.54, 1.807) is 0 Å². The van der Waals surface area contributed by atoms with E-state index in [4.69, 9.17) is 4.74 Å². The molecule has 0 bridgehead atoms. The molecule has 0 aliphatic heterocycles. The molecule has 6 heteroatoms. The quantitative estimate of drug-likeness (QED) is 0.643. The Bertz CT molecular complexity index is 993. The van der Waals surface area contributed by atoms with Crippen LogP contribution in [-0.4, -0.2) is 28.8 Å². The first-order valence-corrected chi connectivity index (χ1v) is 9.13. The van der Waals surface area contributed by atoms with Crippen molar-refractivity contribution in [3.63, 3.8) is 0 Å². The summed E-state index contributed by atoms with van der Waals surface area (Å²) in [5.41, 5.74) is 3.14. The van der Waals surface area contributed by atoms with Gasteiger partial charge in [0.1, 0.15) is 18.1 Å². The van der Waals surface area contributed by atoms with E-state index in [0.717, 1.165) is 22.4 Å². The van der Waals surface area contributed by atoms with Crippen molar-refractivity contribution < 1.29 is 9.53 Å². The third kappa shape index (κ3) is 5.30. The predicted molar refractivity (Wildman–Crippen MR) is 108 cm³/mol. The number of nitrogens with one attached hydrogen (secondary N) is 1. The molecule has 1 N–H and O–H groups in total. The zero-order valence-corrected chi connectivity index (χ0v) is 16.0. The highest BCUT2D eigenvalue weighted by Gasteiger charge is 2.09. The highest BCUT2D eigenvalue weighted by atomic mass is 16.5. The summed E-state index contributed by atoms with van der Waals surface area (Å²) in [6, 6.07) is 18.3. The van der Waals surface area contributed by atoms with E-state index in [9.17, 15) is 9.59 Å². The Morgan fingerprint density at radius 3 is 2.46 bits per heavy atom. The molecule has 0 saturated carbocycles. The second kappa shape index (κ2) is 8.99. The minimum atomic E-state index is -0.342. The molecular formula is C22H23N3O3. The van der Waals surface area contributed by atoms with E-state index in [0.29, 0.717) is 19.7 Å². The van der Waals surface area contributed by atoms with E-state index in [1.165, 1.54) is 16.8 Å². The predicted octanol–water partition coefficient (Wildman–Crippen LogP) is 2.72. The maximum Gasteiger partial charge on any atom is 0.271 e. The van der Waals surface area contributed by atoms with Crippen LogP contribution >= 0.6 is 0 Å². The third-order valence-corrected chi connectivity index (χ3v) is 4.13. The highest BCUT2D eigenvalue weighted by Crippen LogP contribution is 2.15. The Labute approximate surface area is 163 Å². The number of hydrogen-bond acceptors (Lipinski definition) is 4. The summed E-state index contributed by atoms with van der Waals surface area (Å²) < 4.78 is 6.97. The van der Waals surface area contributed by atoms with Crippen LogP contribution in [-0.2, 0) is 6.54 Å². The van der Waals surface area contributed by atoms with Crippen LogP contribution < -0.4 is 15.6 Å². The van der Waals surface area contributed by atoms with Gasteiger partial charge in [0.05, 0.1) is 13.1 Å². The second-order valence-electron chi connectivity index (χ2n) is 6.63. The number of carbonyl (C=O) groups is 1. The summed E-state index contributed by atoms with van der Waals surface area (Å²) in [7, 11) is 0. The fourth-order valence-electron chi connectivity index (χ4n) is 2.88. The Hall–Kier alpha value is -3.41. The average molecular weight is 377 g/mol. The standard InChI is InChI=1S/C22H23N3O3/c1-16-12-17(2)14-19(13-16)28-11-10-23-22(27)20-8-9-21(26)25(24-20)15-18-6-4-3-5-7-18/h3-9,12-14H,10-11,15H2,1-2H3,(H,23,27). The first-order valence-electron chi connectivity index (χ1n) is 9.13. The number of amides is 1. The van der Waals surface area contributed by atoms with Gasteiger partial charge in [-0.15, -0.1) is 0 Å². The molecule has 0 atom stereocenters. The second-order valence-corrected chi connectivity index (χ2v) is 6.63. The molecule has 0 fully saturated rings. The molecule has 28 heavy (non-hydrogen) atoms. The van der Waals surface area contributed by atoms with Gasteiger partial charge in [-0.2, -0.15) is 5.10 Å². The lowest BCUT2D eigenvalue weighted by atomic mass is 10.1. The van der Waals surface area contributed by atoms with Crippen LogP contribution in [0.3, 0.4) is 0 Å². The summed E-state index contributed by atoms with van der Waals surface area (Å²) in [6.45, 7) is 5.02. The minimum absolute atomic E-state index is 0.196. The summed E-state index contributed by atoms with van der Waals surface area (Å²) in [5.74, 6) is 0.437. The first-order chi connectivity index (χ1) is 13.5. The van der Waals surface area contributed by atoms with Gasteiger partial charge in [0, 0.05) is 6.07 Å². The number of ether oxygens (including phenoxy) is 1. The highest BCUT2D eigenvalue weighted by molar-refractivity contribution is 5.91. The van der Waals surface area contributed by atoms with Crippen molar-refractivity contribution in [1.82, 2.24) is 15.1 Å². The number of carbonyl (C=O) groups excluding carboxylic acids is 1. The lowest BCUT2D eigenvalue weighted by Crippen LogP contribution is -2.32. The van der Waals surface area contributed by atoms with Crippen molar-refractivity contribution in [2.45, 2.75) is 20.4 Å². The van der Waals surface area contributed by atoms with Gasteiger partial charge in [0.15, 0.2) is 0 Å². The van der Waals surface area contributed by atoms with Gasteiger partial charge < -0.3 is 10.1 Å². The SMILES string of the molecule is Cc1cc(C)cc(OCCNC(=O)c2ccc(=O)n(Cc3ccccc3)n2)c1. The normalized spacial score (nSPS) is 10.5. The molecule has 144 valence electrons. The van der Waals surface area contributed by atoms with Crippen molar-refractivity contribution in [3.8, 4) is 5.75 Å². The molecule has 6 nitrogen and oxygen atoms in total. The Kier molecular flexibility index (Phi) is 6.22. The lowest BCUT2D eigenvalue weighted by Gasteiger charge is -2.10. The molecular weight excluding hydrogens is 354 g/mol. The van der Waals surface area contributed by atoms with Crippen LogP contribution in [0.5, 0.6) is 5.75 Å². The zero-order chi connectivity index (χ0) is 19.9. The number of hydrogen-bond donors (Lipinski definition) is 1. The topological polar surface area (TPSA) is 73.2 Å². The van der Waals surface area contributed by atoms with Gasteiger partial charge >= 0.3 is 0 Å². The van der Waals surface area contributed by atoms with E-state index in [1.807, 2.05) is 56.3 Å². The average Bonchev–Trinajstić information content (AvgIpc) is 2.67. The van der Waals surface area contributed by atoms with Gasteiger partial charge in [-0.25, -0.2) is 4.68 Å². The van der Waals surface area contributed by atoms with Crippen molar-refractivity contribution in [1.29, 1.82) is 0 Å². The van der Waals surface area contributed by atoms with Crippen LogP contribution in [0.25, 0.3) is 0 Å². The monoisotopic (exact) mass is 377 g/mol. The number of nitrogens with zero attached hydrogens (tertiary/aromatic N) is 2. The number of aromatic nitrogens is 2. The van der Waals surface area contributed by atoms with Crippen molar-refractivity contribution in [3.05, 3.63) is 93.4 Å². The van der Waals surface area contributed by atoms with Crippen molar-refractivity contribution in [2.75, 3.05) is 13.2 Å². The van der Waals surface area contributed by atoms with Gasteiger partial charge in [0.25, 0.3) is 11.5 Å².